The van der Waals surface area contributed by atoms with Gasteiger partial charge in [-0.15, -0.1) is 11.3 Å². The molecule has 11 aromatic rings. The third-order valence-corrected chi connectivity index (χ3v) is 11.8. The standard InChI is InChI=1S/C51H31N3OS/c1-3-13-32(14-4-1)33-27-29-35(30-28-33)50-52-49(34-15-5-2-6-16-34)53-51(54-50)43-24-12-25-44-46(43)42-23-10-20-38(47(42)55-44)36-17-9-18-37(31-36)39-21-11-22-41-40-19-7-8-26-45(40)56-48(39)41/h1-31H. The number of hydrogen-bond acceptors (Lipinski definition) is 5. The molecule has 0 radical (unpaired) electrons. The van der Waals surface area contributed by atoms with Gasteiger partial charge in [0, 0.05) is 53.2 Å². The van der Waals surface area contributed by atoms with E-state index in [4.69, 9.17) is 19.4 Å². The van der Waals surface area contributed by atoms with E-state index >= 15 is 0 Å². The highest BCUT2D eigenvalue weighted by molar-refractivity contribution is 7.26. The van der Waals surface area contributed by atoms with Gasteiger partial charge in [-0.3, -0.25) is 0 Å². The Morgan fingerprint density at radius 2 is 0.875 bits per heavy atom. The third kappa shape index (κ3) is 5.48. The zero-order chi connectivity index (χ0) is 37.0. The molecule has 0 saturated carbocycles. The molecule has 0 bridgehead atoms. The van der Waals surface area contributed by atoms with Gasteiger partial charge in [0.25, 0.3) is 0 Å². The average molecular weight is 734 g/mol. The Kier molecular flexibility index (Phi) is 7.64. The van der Waals surface area contributed by atoms with Gasteiger partial charge in [0.2, 0.25) is 0 Å². The van der Waals surface area contributed by atoms with Gasteiger partial charge in [-0.05, 0) is 46.0 Å². The summed E-state index contributed by atoms with van der Waals surface area (Å²) >= 11 is 1.85. The lowest BCUT2D eigenvalue weighted by Crippen LogP contribution is -2.00. The van der Waals surface area contributed by atoms with E-state index in [1.165, 1.54) is 36.9 Å². The Hall–Kier alpha value is -7.21. The van der Waals surface area contributed by atoms with Crippen molar-refractivity contribution in [1.29, 1.82) is 0 Å². The Morgan fingerprint density at radius 1 is 0.357 bits per heavy atom. The molecule has 0 fully saturated rings. The summed E-state index contributed by atoms with van der Waals surface area (Å²) in [4.78, 5) is 15.3. The van der Waals surface area contributed by atoms with E-state index in [0.717, 1.165) is 55.3 Å². The lowest BCUT2D eigenvalue weighted by Gasteiger charge is -2.10. The molecule has 0 aliphatic carbocycles. The second-order valence-corrected chi connectivity index (χ2v) is 15.0. The molecule has 0 saturated heterocycles. The molecule has 8 aromatic carbocycles. The number of hydrogen-bond donors (Lipinski definition) is 0. The van der Waals surface area contributed by atoms with Crippen molar-refractivity contribution in [3.8, 4) is 67.5 Å². The smallest absolute Gasteiger partial charge is 0.164 e. The number of aromatic nitrogens is 3. The minimum atomic E-state index is 0.595. The molecule has 0 N–H and O–H groups in total. The summed E-state index contributed by atoms with van der Waals surface area (Å²) < 4.78 is 9.38. The number of fused-ring (bicyclic) bond motifs is 6. The molecule has 0 amide bonds. The largest absolute Gasteiger partial charge is 0.455 e. The molecule has 3 aromatic heterocycles. The fraction of sp³-hybridized carbons (Fsp3) is 0. The van der Waals surface area contributed by atoms with Gasteiger partial charge in [-0.25, -0.2) is 15.0 Å². The van der Waals surface area contributed by atoms with Gasteiger partial charge in [-0.2, -0.15) is 0 Å². The average Bonchev–Trinajstić information content (AvgIpc) is 3.86. The quantitative estimate of drug-likeness (QED) is 0.171. The van der Waals surface area contributed by atoms with Crippen molar-refractivity contribution >= 4 is 53.4 Å². The Labute approximate surface area is 327 Å². The van der Waals surface area contributed by atoms with Gasteiger partial charge in [-0.1, -0.05) is 170 Å². The van der Waals surface area contributed by atoms with Crippen LogP contribution in [0, 0.1) is 0 Å². The summed E-state index contributed by atoms with van der Waals surface area (Å²) in [6.45, 7) is 0. The molecule has 0 atom stereocenters. The lowest BCUT2D eigenvalue weighted by molar-refractivity contribution is 0.670. The number of thiophene rings is 1. The third-order valence-electron chi connectivity index (χ3n) is 10.6. The molecule has 0 aliphatic heterocycles. The van der Waals surface area contributed by atoms with Crippen molar-refractivity contribution in [3.05, 3.63) is 188 Å². The molecular weight excluding hydrogens is 703 g/mol. The van der Waals surface area contributed by atoms with Crippen LogP contribution >= 0.6 is 11.3 Å². The highest BCUT2D eigenvalue weighted by Crippen LogP contribution is 2.43. The fourth-order valence-electron chi connectivity index (χ4n) is 7.87. The predicted octanol–water partition coefficient (Wildman–Crippen LogP) is 14.1. The fourth-order valence-corrected chi connectivity index (χ4v) is 9.11. The van der Waals surface area contributed by atoms with Gasteiger partial charge < -0.3 is 4.42 Å². The van der Waals surface area contributed by atoms with E-state index in [1.54, 1.807) is 0 Å². The van der Waals surface area contributed by atoms with Gasteiger partial charge in [0.15, 0.2) is 17.5 Å². The molecule has 4 nitrogen and oxygen atoms in total. The van der Waals surface area contributed by atoms with E-state index in [1.807, 2.05) is 59.9 Å². The first-order chi connectivity index (χ1) is 27.7. The number of para-hydroxylation sites is 1. The summed E-state index contributed by atoms with van der Waals surface area (Å²) in [6.07, 6.45) is 0. The Bertz CT molecular complexity index is 3240. The maximum absolute atomic E-state index is 6.77. The van der Waals surface area contributed by atoms with Crippen LogP contribution in [0.3, 0.4) is 0 Å². The van der Waals surface area contributed by atoms with Crippen LogP contribution in [0.2, 0.25) is 0 Å². The summed E-state index contributed by atoms with van der Waals surface area (Å²) in [5.74, 6) is 1.83. The van der Waals surface area contributed by atoms with Crippen LogP contribution in [0.25, 0.3) is 110 Å². The second-order valence-electron chi connectivity index (χ2n) is 13.9. The normalized spacial score (nSPS) is 11.6. The number of rotatable bonds is 6. The predicted molar refractivity (Wildman–Crippen MR) is 233 cm³/mol. The van der Waals surface area contributed by atoms with Crippen molar-refractivity contribution in [2.75, 3.05) is 0 Å². The molecule has 0 unspecified atom stereocenters. The summed E-state index contributed by atoms with van der Waals surface area (Å²) in [5.41, 5.74) is 11.2. The molecule has 262 valence electrons. The van der Waals surface area contributed by atoms with Crippen LogP contribution in [0.5, 0.6) is 0 Å². The van der Waals surface area contributed by atoms with E-state index in [2.05, 4.69) is 140 Å². The summed E-state index contributed by atoms with van der Waals surface area (Å²) in [5, 5.41) is 4.59. The molecule has 5 heteroatoms. The first-order valence-electron chi connectivity index (χ1n) is 18.7. The number of furan rings is 1. The minimum absolute atomic E-state index is 0.595. The maximum atomic E-state index is 6.77. The van der Waals surface area contributed by atoms with Crippen molar-refractivity contribution in [3.63, 3.8) is 0 Å². The minimum Gasteiger partial charge on any atom is -0.455 e. The molecule has 0 spiro atoms. The lowest BCUT2D eigenvalue weighted by atomic mass is 9.96. The van der Waals surface area contributed by atoms with Gasteiger partial charge in [0.05, 0.1) is 0 Å². The van der Waals surface area contributed by atoms with Gasteiger partial charge in [0.1, 0.15) is 11.2 Å². The number of nitrogens with zero attached hydrogens (tertiary/aromatic N) is 3. The van der Waals surface area contributed by atoms with Crippen LogP contribution in [-0.4, -0.2) is 15.0 Å². The van der Waals surface area contributed by atoms with Crippen LogP contribution in [0.4, 0.5) is 0 Å². The highest BCUT2D eigenvalue weighted by Gasteiger charge is 2.20. The molecule has 11 rings (SSSR count). The zero-order valence-electron chi connectivity index (χ0n) is 30.1. The first-order valence-corrected chi connectivity index (χ1v) is 19.5. The van der Waals surface area contributed by atoms with E-state index in [9.17, 15) is 0 Å². The molecule has 0 aliphatic rings. The van der Waals surface area contributed by atoms with E-state index < -0.39 is 0 Å². The van der Waals surface area contributed by atoms with Gasteiger partial charge >= 0.3 is 0 Å². The van der Waals surface area contributed by atoms with Crippen molar-refractivity contribution in [2.24, 2.45) is 0 Å². The second kappa shape index (κ2) is 13.3. The van der Waals surface area contributed by atoms with Crippen molar-refractivity contribution in [1.82, 2.24) is 15.0 Å². The van der Waals surface area contributed by atoms with E-state index in [-0.39, 0.29) is 0 Å². The number of benzene rings is 8. The van der Waals surface area contributed by atoms with Crippen LogP contribution in [0.1, 0.15) is 0 Å². The first kappa shape index (κ1) is 32.2. The SMILES string of the molecule is c1ccc(-c2ccc(-c3nc(-c4ccccc4)nc(-c4cccc5oc6c(-c7cccc(-c8cccc9c8sc8ccccc89)c7)cccc6c45)n3)cc2)cc1. The maximum Gasteiger partial charge on any atom is 0.164 e. The zero-order valence-corrected chi connectivity index (χ0v) is 30.9. The topological polar surface area (TPSA) is 51.8 Å². The highest BCUT2D eigenvalue weighted by atomic mass is 32.1. The Balaban J connectivity index is 1.05. The molecule has 56 heavy (non-hydrogen) atoms. The molecule has 3 heterocycles. The van der Waals surface area contributed by atoms with Crippen molar-refractivity contribution in [2.45, 2.75) is 0 Å². The van der Waals surface area contributed by atoms with Crippen LogP contribution in [0.15, 0.2) is 192 Å². The van der Waals surface area contributed by atoms with Crippen LogP contribution < -0.4 is 0 Å². The van der Waals surface area contributed by atoms with Crippen LogP contribution in [-0.2, 0) is 0 Å². The Morgan fingerprint density at radius 3 is 1.66 bits per heavy atom. The molecular formula is C51H31N3OS. The summed E-state index contributed by atoms with van der Waals surface area (Å²) in [7, 11) is 0. The van der Waals surface area contributed by atoms with E-state index in [0.29, 0.717) is 17.5 Å². The monoisotopic (exact) mass is 733 g/mol. The summed E-state index contributed by atoms with van der Waals surface area (Å²) in [6, 6.07) is 65.6. The van der Waals surface area contributed by atoms with Crippen molar-refractivity contribution < 1.29 is 4.42 Å².